The summed E-state index contributed by atoms with van der Waals surface area (Å²) in [5.41, 5.74) is 6.32. The number of rotatable bonds is 4. The summed E-state index contributed by atoms with van der Waals surface area (Å²) in [7, 11) is 2.23. The Balaban J connectivity index is 2.03. The second-order valence-corrected chi connectivity index (χ2v) is 7.61. The second kappa shape index (κ2) is 6.04. The average molecular weight is 331 g/mol. The molecule has 0 spiro atoms. The van der Waals surface area contributed by atoms with Gasteiger partial charge in [0.15, 0.2) is 0 Å². The minimum atomic E-state index is 0.225. The summed E-state index contributed by atoms with van der Waals surface area (Å²) >= 11 is 5.35. The lowest BCUT2D eigenvalue weighted by molar-refractivity contribution is 0.0624. The van der Waals surface area contributed by atoms with E-state index in [9.17, 15) is 0 Å². The molecular weight excluding hydrogens is 308 g/mol. The highest BCUT2D eigenvalue weighted by Crippen LogP contribution is 2.36. The van der Waals surface area contributed by atoms with E-state index in [1.807, 2.05) is 11.3 Å². The lowest BCUT2D eigenvalue weighted by Crippen LogP contribution is -2.53. The summed E-state index contributed by atoms with van der Waals surface area (Å²) in [5.74, 6) is 0.869. The monoisotopic (exact) mass is 330 g/mol. The Hall–Kier alpha value is 0.1000. The third-order valence-corrected chi connectivity index (χ3v) is 6.09. The highest BCUT2D eigenvalue weighted by molar-refractivity contribution is 9.10. The van der Waals surface area contributed by atoms with Crippen LogP contribution in [0.25, 0.3) is 0 Å². The zero-order valence-corrected chi connectivity index (χ0v) is 13.7. The van der Waals surface area contributed by atoms with Crippen LogP contribution in [0.1, 0.15) is 37.5 Å². The zero-order chi connectivity index (χ0) is 13.2. The van der Waals surface area contributed by atoms with Crippen molar-refractivity contribution in [3.8, 4) is 0 Å². The van der Waals surface area contributed by atoms with Crippen LogP contribution in [0, 0.1) is 5.92 Å². The van der Waals surface area contributed by atoms with Crippen LogP contribution in [0.15, 0.2) is 15.9 Å². The molecule has 0 amide bonds. The molecule has 1 aliphatic carbocycles. The van der Waals surface area contributed by atoms with Crippen LogP contribution in [-0.2, 0) is 6.54 Å². The number of hydrogen-bond donors (Lipinski definition) is 1. The first-order valence-corrected chi connectivity index (χ1v) is 8.37. The molecule has 0 radical (unpaired) electrons. The van der Waals surface area contributed by atoms with Crippen LogP contribution in [0.4, 0.5) is 0 Å². The normalized spacial score (nSPS) is 28.8. The van der Waals surface area contributed by atoms with E-state index in [1.165, 1.54) is 35.0 Å². The van der Waals surface area contributed by atoms with E-state index in [1.54, 1.807) is 0 Å². The minimum Gasteiger partial charge on any atom is -0.329 e. The van der Waals surface area contributed by atoms with E-state index in [0.29, 0.717) is 0 Å². The summed E-state index contributed by atoms with van der Waals surface area (Å²) in [4.78, 5) is 3.90. The Labute approximate surface area is 123 Å². The lowest BCUT2D eigenvalue weighted by Gasteiger charge is -2.45. The Morgan fingerprint density at radius 3 is 2.67 bits per heavy atom. The Morgan fingerprint density at radius 2 is 2.17 bits per heavy atom. The molecule has 1 aliphatic rings. The Morgan fingerprint density at radius 1 is 1.50 bits per heavy atom. The van der Waals surface area contributed by atoms with E-state index in [0.717, 1.165) is 19.0 Å². The van der Waals surface area contributed by atoms with Crippen LogP contribution in [0.2, 0.25) is 0 Å². The Bertz CT molecular complexity index is 383. The summed E-state index contributed by atoms with van der Waals surface area (Å²) in [6, 6.07) is 2.22. The molecule has 0 aliphatic heterocycles. The highest BCUT2D eigenvalue weighted by atomic mass is 79.9. The van der Waals surface area contributed by atoms with Crippen molar-refractivity contribution in [1.82, 2.24) is 4.90 Å². The van der Waals surface area contributed by atoms with Crippen molar-refractivity contribution in [3.05, 3.63) is 20.8 Å². The molecule has 0 aromatic carbocycles. The summed E-state index contributed by atoms with van der Waals surface area (Å²) in [6.45, 7) is 4.15. The molecule has 0 bridgehead atoms. The molecule has 4 heteroatoms. The molecule has 2 N–H and O–H groups in total. The quantitative estimate of drug-likeness (QED) is 0.908. The minimum absolute atomic E-state index is 0.225. The highest BCUT2D eigenvalue weighted by Gasteiger charge is 2.36. The van der Waals surface area contributed by atoms with Gasteiger partial charge < -0.3 is 5.73 Å². The van der Waals surface area contributed by atoms with Crippen molar-refractivity contribution in [2.45, 2.75) is 44.7 Å². The molecule has 1 fully saturated rings. The number of hydrogen-bond acceptors (Lipinski definition) is 3. The number of nitrogens with zero attached hydrogens (tertiary/aromatic N) is 1. The van der Waals surface area contributed by atoms with Crippen molar-refractivity contribution >= 4 is 27.3 Å². The van der Waals surface area contributed by atoms with Gasteiger partial charge >= 0.3 is 0 Å². The van der Waals surface area contributed by atoms with Crippen molar-refractivity contribution < 1.29 is 0 Å². The van der Waals surface area contributed by atoms with Crippen molar-refractivity contribution in [1.29, 1.82) is 0 Å². The number of nitrogens with two attached hydrogens (primary N) is 1. The van der Waals surface area contributed by atoms with Crippen LogP contribution in [-0.4, -0.2) is 24.0 Å². The van der Waals surface area contributed by atoms with Gasteiger partial charge in [0.1, 0.15) is 0 Å². The third-order valence-electron chi connectivity index (χ3n) is 4.41. The topological polar surface area (TPSA) is 29.3 Å². The fraction of sp³-hybridized carbons (Fsp3) is 0.714. The lowest BCUT2D eigenvalue weighted by atomic mass is 9.76. The fourth-order valence-electron chi connectivity index (χ4n) is 2.88. The molecule has 1 heterocycles. The van der Waals surface area contributed by atoms with Gasteiger partial charge in [-0.3, -0.25) is 4.90 Å². The van der Waals surface area contributed by atoms with E-state index in [-0.39, 0.29) is 5.54 Å². The Kier molecular flexibility index (Phi) is 4.86. The van der Waals surface area contributed by atoms with Crippen LogP contribution >= 0.6 is 27.3 Å². The summed E-state index contributed by atoms with van der Waals surface area (Å²) in [5, 5.41) is 2.15. The first-order valence-electron chi connectivity index (χ1n) is 6.70. The van der Waals surface area contributed by atoms with Gasteiger partial charge in [0.2, 0.25) is 0 Å². The second-order valence-electron chi connectivity index (χ2n) is 5.70. The van der Waals surface area contributed by atoms with Gasteiger partial charge in [-0.05, 0) is 60.6 Å². The zero-order valence-electron chi connectivity index (χ0n) is 11.3. The van der Waals surface area contributed by atoms with Gasteiger partial charge in [-0.2, -0.15) is 0 Å². The molecule has 1 aromatic rings. The van der Waals surface area contributed by atoms with Gasteiger partial charge in [-0.1, -0.05) is 6.92 Å². The van der Waals surface area contributed by atoms with Crippen LogP contribution in [0.3, 0.4) is 0 Å². The van der Waals surface area contributed by atoms with Gasteiger partial charge in [0, 0.05) is 33.4 Å². The van der Waals surface area contributed by atoms with Crippen LogP contribution in [0.5, 0.6) is 0 Å². The van der Waals surface area contributed by atoms with Crippen molar-refractivity contribution in [2.24, 2.45) is 11.7 Å². The molecule has 102 valence electrons. The predicted octanol–water partition coefficient (Wildman–Crippen LogP) is 3.85. The fourth-order valence-corrected chi connectivity index (χ4v) is 4.38. The van der Waals surface area contributed by atoms with Gasteiger partial charge in [-0.25, -0.2) is 0 Å². The maximum atomic E-state index is 6.10. The summed E-state index contributed by atoms with van der Waals surface area (Å²) in [6.07, 6.45) is 5.12. The van der Waals surface area contributed by atoms with Crippen LogP contribution < -0.4 is 5.73 Å². The smallest absolute Gasteiger partial charge is 0.0332 e. The summed E-state index contributed by atoms with van der Waals surface area (Å²) < 4.78 is 1.19. The van der Waals surface area contributed by atoms with E-state index in [4.69, 9.17) is 5.73 Å². The SMILES string of the molecule is CC1CCC(CN)(N(C)Cc2cc(Br)cs2)CC1. The largest absolute Gasteiger partial charge is 0.329 e. The molecular formula is C14H23BrN2S. The van der Waals surface area contributed by atoms with Gasteiger partial charge in [0.25, 0.3) is 0 Å². The van der Waals surface area contributed by atoms with Gasteiger partial charge in [-0.15, -0.1) is 11.3 Å². The van der Waals surface area contributed by atoms with Gasteiger partial charge in [0.05, 0.1) is 0 Å². The molecule has 0 unspecified atom stereocenters. The van der Waals surface area contributed by atoms with E-state index in [2.05, 4.69) is 46.2 Å². The van der Waals surface area contributed by atoms with E-state index >= 15 is 0 Å². The number of likely N-dealkylation sites (N-methyl/N-ethyl adjacent to an activating group) is 1. The van der Waals surface area contributed by atoms with Crippen molar-refractivity contribution in [3.63, 3.8) is 0 Å². The predicted molar refractivity (Wildman–Crippen MR) is 82.9 cm³/mol. The molecule has 0 atom stereocenters. The maximum absolute atomic E-state index is 6.10. The number of thiophene rings is 1. The molecule has 0 saturated heterocycles. The molecule has 2 rings (SSSR count). The van der Waals surface area contributed by atoms with E-state index < -0.39 is 0 Å². The molecule has 1 aromatic heterocycles. The molecule has 18 heavy (non-hydrogen) atoms. The molecule has 2 nitrogen and oxygen atoms in total. The van der Waals surface area contributed by atoms with Crippen molar-refractivity contribution in [2.75, 3.05) is 13.6 Å². The molecule has 1 saturated carbocycles. The average Bonchev–Trinajstić information content (AvgIpc) is 2.76. The maximum Gasteiger partial charge on any atom is 0.0332 e. The third kappa shape index (κ3) is 3.16. The first-order chi connectivity index (χ1) is 8.55. The number of halogens is 1. The first kappa shape index (κ1) is 14.5. The standard InChI is InChI=1S/C14H23BrN2S/c1-11-3-5-14(10-16,6-4-11)17(2)8-13-7-12(15)9-18-13/h7,9,11H,3-6,8,10,16H2,1-2H3.